The van der Waals surface area contributed by atoms with E-state index in [2.05, 4.69) is 31.9 Å². The fraction of sp³-hybridized carbons (Fsp3) is 0.154. The maximum Gasteiger partial charge on any atom is 0.268 e. The van der Waals surface area contributed by atoms with E-state index in [1.807, 2.05) is 6.92 Å². The summed E-state index contributed by atoms with van der Waals surface area (Å²) < 4.78 is 15.5. The monoisotopic (exact) mass is 405 g/mol. The Morgan fingerprint density at radius 2 is 2.05 bits per heavy atom. The van der Waals surface area contributed by atoms with Gasteiger partial charge in [0.25, 0.3) is 5.91 Å². The third kappa shape index (κ3) is 3.07. The van der Waals surface area contributed by atoms with Gasteiger partial charge in [0.05, 0.1) is 14.4 Å². The lowest BCUT2D eigenvalue weighted by atomic mass is 10.2. The van der Waals surface area contributed by atoms with Gasteiger partial charge in [0, 0.05) is 11.0 Å². The molecule has 0 aliphatic rings. The van der Waals surface area contributed by atoms with Crippen molar-refractivity contribution >= 4 is 54.8 Å². The summed E-state index contributed by atoms with van der Waals surface area (Å²) in [7, 11) is 0. The summed E-state index contributed by atoms with van der Waals surface area (Å²) in [5.74, 6) is -0.601. The van der Waals surface area contributed by atoms with Crippen molar-refractivity contribution in [2.24, 2.45) is 0 Å². The SMILES string of the molecule is CCN(C(=O)c1cc(Br)c(Br)s1)c1ccccc1F. The molecule has 6 heteroatoms. The van der Waals surface area contributed by atoms with Crippen LogP contribution in [0.3, 0.4) is 0 Å². The molecule has 0 N–H and O–H groups in total. The second kappa shape index (κ2) is 6.15. The molecule has 0 radical (unpaired) electrons. The Kier molecular flexibility index (Phi) is 4.76. The van der Waals surface area contributed by atoms with E-state index in [9.17, 15) is 9.18 Å². The number of anilines is 1. The Morgan fingerprint density at radius 3 is 2.58 bits per heavy atom. The van der Waals surface area contributed by atoms with Crippen LogP contribution >= 0.6 is 43.2 Å². The van der Waals surface area contributed by atoms with Crippen molar-refractivity contribution < 1.29 is 9.18 Å². The number of hydrogen-bond acceptors (Lipinski definition) is 2. The number of rotatable bonds is 3. The van der Waals surface area contributed by atoms with Gasteiger partial charge in [-0.05, 0) is 57.0 Å². The average Bonchev–Trinajstić information content (AvgIpc) is 2.73. The summed E-state index contributed by atoms with van der Waals surface area (Å²) >= 11 is 8.02. The first kappa shape index (κ1) is 14.7. The number of nitrogens with zero attached hydrogens (tertiary/aromatic N) is 1. The molecule has 1 amide bonds. The standard InChI is InChI=1S/C13H10Br2FNOS/c1-2-17(10-6-4-3-5-9(10)16)13(18)11-7-8(14)12(15)19-11/h3-7H,2H2,1H3. The van der Waals surface area contributed by atoms with Crippen LogP contribution in [0.4, 0.5) is 10.1 Å². The molecule has 19 heavy (non-hydrogen) atoms. The summed E-state index contributed by atoms with van der Waals surface area (Å²) in [5.41, 5.74) is 0.302. The van der Waals surface area contributed by atoms with E-state index >= 15 is 0 Å². The maximum atomic E-state index is 13.8. The van der Waals surface area contributed by atoms with Gasteiger partial charge in [-0.25, -0.2) is 4.39 Å². The Labute approximate surface area is 131 Å². The van der Waals surface area contributed by atoms with Crippen molar-refractivity contribution in [3.8, 4) is 0 Å². The number of benzene rings is 1. The highest BCUT2D eigenvalue weighted by atomic mass is 79.9. The molecule has 0 unspecified atom stereocenters. The molecular formula is C13H10Br2FNOS. The smallest absolute Gasteiger partial charge is 0.268 e. The zero-order valence-electron chi connectivity index (χ0n) is 9.99. The number of para-hydroxylation sites is 1. The zero-order valence-corrected chi connectivity index (χ0v) is 14.0. The Balaban J connectivity index is 2.37. The number of halogens is 3. The van der Waals surface area contributed by atoms with Gasteiger partial charge in [-0.3, -0.25) is 4.79 Å². The number of carbonyl (C=O) groups excluding carboxylic acids is 1. The van der Waals surface area contributed by atoms with Crippen LogP contribution in [-0.4, -0.2) is 12.5 Å². The zero-order chi connectivity index (χ0) is 14.0. The van der Waals surface area contributed by atoms with Crippen LogP contribution in [0.25, 0.3) is 0 Å². The highest BCUT2D eigenvalue weighted by molar-refractivity contribution is 9.13. The van der Waals surface area contributed by atoms with Crippen molar-refractivity contribution in [3.05, 3.63) is 49.3 Å². The van der Waals surface area contributed by atoms with Gasteiger partial charge in [-0.1, -0.05) is 12.1 Å². The van der Waals surface area contributed by atoms with Gasteiger partial charge < -0.3 is 4.90 Å². The molecule has 0 spiro atoms. The molecule has 0 saturated heterocycles. The first-order valence-electron chi connectivity index (χ1n) is 5.55. The lowest BCUT2D eigenvalue weighted by Crippen LogP contribution is -2.30. The third-order valence-corrected chi connectivity index (χ3v) is 5.80. The highest BCUT2D eigenvalue weighted by Crippen LogP contribution is 2.33. The third-order valence-electron chi connectivity index (χ3n) is 2.56. The topological polar surface area (TPSA) is 20.3 Å². The maximum absolute atomic E-state index is 13.8. The molecule has 2 nitrogen and oxygen atoms in total. The van der Waals surface area contributed by atoms with Crippen molar-refractivity contribution in [1.29, 1.82) is 0 Å². The minimum Gasteiger partial charge on any atom is -0.305 e. The lowest BCUT2D eigenvalue weighted by Gasteiger charge is -2.20. The number of carbonyl (C=O) groups is 1. The van der Waals surface area contributed by atoms with Crippen molar-refractivity contribution in [2.45, 2.75) is 6.92 Å². The minimum absolute atomic E-state index is 0.205. The van der Waals surface area contributed by atoms with Crippen LogP contribution in [0.15, 0.2) is 38.6 Å². The average molecular weight is 407 g/mol. The van der Waals surface area contributed by atoms with E-state index in [1.54, 1.807) is 24.3 Å². The van der Waals surface area contributed by atoms with Gasteiger partial charge in [-0.2, -0.15) is 0 Å². The van der Waals surface area contributed by atoms with E-state index in [1.165, 1.54) is 22.3 Å². The van der Waals surface area contributed by atoms with Crippen molar-refractivity contribution in [1.82, 2.24) is 0 Å². The minimum atomic E-state index is -0.396. The van der Waals surface area contributed by atoms with Crippen LogP contribution in [0.2, 0.25) is 0 Å². The Morgan fingerprint density at radius 1 is 1.37 bits per heavy atom. The molecule has 0 aliphatic heterocycles. The summed E-state index contributed by atoms with van der Waals surface area (Å²) in [4.78, 5) is 14.4. The molecule has 1 aromatic heterocycles. The molecule has 2 rings (SSSR count). The van der Waals surface area contributed by atoms with E-state index < -0.39 is 5.82 Å². The number of thiophene rings is 1. The summed E-state index contributed by atoms with van der Waals surface area (Å²) in [5, 5.41) is 0. The summed E-state index contributed by atoms with van der Waals surface area (Å²) in [6, 6.07) is 8.02. The van der Waals surface area contributed by atoms with Crippen LogP contribution in [0, 0.1) is 5.82 Å². The van der Waals surface area contributed by atoms with Crippen LogP contribution < -0.4 is 4.90 Å². The van der Waals surface area contributed by atoms with Crippen LogP contribution in [0.5, 0.6) is 0 Å². The summed E-state index contributed by atoms with van der Waals surface area (Å²) in [6.45, 7) is 2.23. The van der Waals surface area contributed by atoms with Gasteiger partial charge >= 0.3 is 0 Å². The molecule has 1 heterocycles. The molecule has 0 bridgehead atoms. The van der Waals surface area contributed by atoms with Crippen LogP contribution in [0.1, 0.15) is 16.6 Å². The van der Waals surface area contributed by atoms with E-state index in [0.29, 0.717) is 17.1 Å². The second-order valence-electron chi connectivity index (χ2n) is 3.73. The normalized spacial score (nSPS) is 10.5. The van der Waals surface area contributed by atoms with Crippen molar-refractivity contribution in [3.63, 3.8) is 0 Å². The molecule has 2 aromatic rings. The predicted molar refractivity (Wildman–Crippen MR) is 83.5 cm³/mol. The molecule has 0 fully saturated rings. The van der Waals surface area contributed by atoms with E-state index in [-0.39, 0.29) is 5.91 Å². The summed E-state index contributed by atoms with van der Waals surface area (Å²) in [6.07, 6.45) is 0. The van der Waals surface area contributed by atoms with Gasteiger partial charge in [-0.15, -0.1) is 11.3 Å². The fourth-order valence-corrected chi connectivity index (χ4v) is 3.66. The molecule has 0 saturated carbocycles. The lowest BCUT2D eigenvalue weighted by molar-refractivity contribution is 0.0991. The van der Waals surface area contributed by atoms with Gasteiger partial charge in [0.1, 0.15) is 5.82 Å². The van der Waals surface area contributed by atoms with Crippen LogP contribution in [-0.2, 0) is 0 Å². The van der Waals surface area contributed by atoms with Gasteiger partial charge in [0.15, 0.2) is 0 Å². The van der Waals surface area contributed by atoms with E-state index in [0.717, 1.165) is 8.26 Å². The molecule has 0 aliphatic carbocycles. The Bertz CT molecular complexity index is 595. The first-order valence-corrected chi connectivity index (χ1v) is 7.96. The molecule has 1 aromatic carbocycles. The number of hydrogen-bond donors (Lipinski definition) is 0. The molecule has 100 valence electrons. The molecule has 0 atom stereocenters. The fourth-order valence-electron chi connectivity index (χ4n) is 1.68. The predicted octanol–water partition coefficient (Wildman–Crippen LogP) is 5.08. The number of amides is 1. The van der Waals surface area contributed by atoms with E-state index in [4.69, 9.17) is 0 Å². The Hall–Kier alpha value is -0.720. The molecular weight excluding hydrogens is 397 g/mol. The second-order valence-corrected chi connectivity index (χ2v) is 6.96. The highest BCUT2D eigenvalue weighted by Gasteiger charge is 2.21. The van der Waals surface area contributed by atoms with Gasteiger partial charge in [0.2, 0.25) is 0 Å². The van der Waals surface area contributed by atoms with Crippen molar-refractivity contribution in [2.75, 3.05) is 11.4 Å². The first-order chi connectivity index (χ1) is 9.04. The quantitative estimate of drug-likeness (QED) is 0.695. The largest absolute Gasteiger partial charge is 0.305 e.